The van der Waals surface area contributed by atoms with Crippen molar-refractivity contribution in [3.8, 4) is 5.69 Å². The number of piperazine rings is 1. The van der Waals surface area contributed by atoms with Crippen LogP contribution in [-0.4, -0.2) is 77.0 Å². The molecule has 2 aromatic carbocycles. The second kappa shape index (κ2) is 14.5. The first-order valence-corrected chi connectivity index (χ1v) is 16.9. The SMILES string of the molecule is CS(=O)(=O)O.Cc1ccc(-n2nc(C(C)(C)C)cc2NC(=O)Nc2ccc(N3CCN(C(=O)c4cc(F)cc(F)c4)CC3)nc2C)cc1. The molecule has 12 nitrogen and oxygen atoms in total. The Hall–Kier alpha value is -4.89. The van der Waals surface area contributed by atoms with E-state index in [1.807, 2.05) is 55.1 Å². The smallest absolute Gasteiger partial charge is 0.324 e. The number of aryl methyl sites for hydroxylation is 2. The minimum absolute atomic E-state index is 0.00910. The van der Waals surface area contributed by atoms with Gasteiger partial charge in [-0.15, -0.1) is 0 Å². The summed E-state index contributed by atoms with van der Waals surface area (Å²) in [5.41, 5.74) is 3.77. The molecule has 3 amide bonds. The predicted molar refractivity (Wildman–Crippen MR) is 181 cm³/mol. The molecule has 0 radical (unpaired) electrons. The summed E-state index contributed by atoms with van der Waals surface area (Å²) in [6, 6.07) is 15.8. The summed E-state index contributed by atoms with van der Waals surface area (Å²) in [4.78, 5) is 34.1. The van der Waals surface area contributed by atoms with Crippen molar-refractivity contribution >= 4 is 39.4 Å². The molecule has 15 heteroatoms. The van der Waals surface area contributed by atoms with Crippen LogP contribution in [0.5, 0.6) is 0 Å². The maximum absolute atomic E-state index is 13.6. The average molecular weight is 684 g/mol. The molecular formula is C33H39F2N7O5S. The minimum Gasteiger partial charge on any atom is -0.353 e. The van der Waals surface area contributed by atoms with Gasteiger partial charge in [-0.1, -0.05) is 38.5 Å². The van der Waals surface area contributed by atoms with Gasteiger partial charge < -0.3 is 15.1 Å². The van der Waals surface area contributed by atoms with Gasteiger partial charge in [0, 0.05) is 49.3 Å². The van der Waals surface area contributed by atoms with Crippen molar-refractivity contribution in [2.24, 2.45) is 0 Å². The van der Waals surface area contributed by atoms with Crippen molar-refractivity contribution in [3.63, 3.8) is 0 Å². The second-order valence-corrected chi connectivity index (χ2v) is 13.9. The van der Waals surface area contributed by atoms with E-state index >= 15 is 0 Å². The van der Waals surface area contributed by atoms with Gasteiger partial charge >= 0.3 is 6.03 Å². The predicted octanol–water partition coefficient (Wildman–Crippen LogP) is 5.57. The fourth-order valence-corrected chi connectivity index (χ4v) is 4.84. The van der Waals surface area contributed by atoms with E-state index in [4.69, 9.17) is 9.65 Å². The molecule has 1 aliphatic rings. The zero-order valence-corrected chi connectivity index (χ0v) is 28.4. The summed E-state index contributed by atoms with van der Waals surface area (Å²) < 4.78 is 54.8. The number of benzene rings is 2. The van der Waals surface area contributed by atoms with E-state index in [0.717, 1.165) is 35.1 Å². The van der Waals surface area contributed by atoms with Crippen LogP contribution in [0.2, 0.25) is 0 Å². The lowest BCUT2D eigenvalue weighted by Crippen LogP contribution is -2.49. The van der Waals surface area contributed by atoms with Gasteiger partial charge in [-0.3, -0.25) is 14.7 Å². The van der Waals surface area contributed by atoms with Gasteiger partial charge in [0.15, 0.2) is 0 Å². The topological polar surface area (TPSA) is 150 Å². The lowest BCUT2D eigenvalue weighted by atomic mass is 9.92. The van der Waals surface area contributed by atoms with Crippen molar-refractivity contribution < 1.29 is 31.3 Å². The summed E-state index contributed by atoms with van der Waals surface area (Å²) in [6.45, 7) is 11.8. The fraction of sp³-hybridized carbons (Fsp3) is 0.333. The van der Waals surface area contributed by atoms with Crippen molar-refractivity contribution in [1.82, 2.24) is 19.7 Å². The number of hydrogen-bond donors (Lipinski definition) is 3. The molecule has 1 aliphatic heterocycles. The highest BCUT2D eigenvalue weighted by molar-refractivity contribution is 7.85. The largest absolute Gasteiger partial charge is 0.353 e. The average Bonchev–Trinajstić information content (AvgIpc) is 3.41. The van der Waals surface area contributed by atoms with Gasteiger partial charge in [0.2, 0.25) is 0 Å². The minimum atomic E-state index is -3.67. The standard InChI is InChI=1S/C32H35F2N7O2.CH4O3S/c1-20-6-8-25(9-7-20)41-29(19-27(38-41)32(3,4)5)37-31(43)36-26-10-11-28(35-21(26)2)39-12-14-40(15-13-39)30(42)22-16-23(33)18-24(34)17-22;1-5(2,3)4/h6-11,16-19H,12-15H2,1-5H3,(H2,36,37,43);1H3,(H,2,3,4). The van der Waals surface area contributed by atoms with Crippen LogP contribution in [-0.2, 0) is 15.5 Å². The van der Waals surface area contributed by atoms with Crippen molar-refractivity contribution in [1.29, 1.82) is 0 Å². The highest BCUT2D eigenvalue weighted by atomic mass is 32.2. The quantitative estimate of drug-likeness (QED) is 0.231. The van der Waals surface area contributed by atoms with Crippen LogP contribution in [0.3, 0.4) is 0 Å². The summed E-state index contributed by atoms with van der Waals surface area (Å²) in [5.74, 6) is -0.723. The molecule has 4 aromatic rings. The molecule has 0 bridgehead atoms. The fourth-order valence-electron chi connectivity index (χ4n) is 4.84. The van der Waals surface area contributed by atoms with Crippen molar-refractivity contribution in [2.75, 3.05) is 48.0 Å². The second-order valence-electron chi connectivity index (χ2n) is 12.5. The molecule has 1 fully saturated rings. The Morgan fingerprint density at radius 1 is 0.875 bits per heavy atom. The van der Waals surface area contributed by atoms with Crippen LogP contribution in [0.1, 0.15) is 48.1 Å². The first-order valence-electron chi connectivity index (χ1n) is 15.0. The molecule has 0 unspecified atom stereocenters. The number of aromatic nitrogens is 3. The van der Waals surface area contributed by atoms with Gasteiger partial charge in [-0.25, -0.2) is 23.2 Å². The van der Waals surface area contributed by atoms with Crippen LogP contribution in [0.4, 0.5) is 30.9 Å². The number of pyridine rings is 1. The molecule has 0 spiro atoms. The molecule has 1 saturated heterocycles. The number of urea groups is 1. The molecule has 48 heavy (non-hydrogen) atoms. The third-order valence-electron chi connectivity index (χ3n) is 7.32. The molecule has 0 atom stereocenters. The third kappa shape index (κ3) is 9.81. The molecule has 0 saturated carbocycles. The summed E-state index contributed by atoms with van der Waals surface area (Å²) in [7, 11) is -3.67. The van der Waals surface area contributed by atoms with Gasteiger partial charge in [-0.05, 0) is 50.2 Å². The Morgan fingerprint density at radius 2 is 1.46 bits per heavy atom. The molecule has 5 rings (SSSR count). The van der Waals surface area contributed by atoms with Gasteiger partial charge in [0.05, 0.1) is 29.0 Å². The zero-order chi connectivity index (χ0) is 35.4. The van der Waals surface area contributed by atoms with Gasteiger partial charge in [0.1, 0.15) is 23.3 Å². The normalized spacial score (nSPS) is 13.4. The molecule has 3 N–H and O–H groups in total. The monoisotopic (exact) mass is 683 g/mol. The number of amides is 3. The van der Waals surface area contributed by atoms with Crippen LogP contribution in [0.25, 0.3) is 5.69 Å². The Kier molecular flexibility index (Phi) is 10.8. The lowest BCUT2D eigenvalue weighted by Gasteiger charge is -2.35. The number of rotatable bonds is 5. The van der Waals surface area contributed by atoms with Crippen molar-refractivity contribution in [3.05, 3.63) is 94.8 Å². The van der Waals surface area contributed by atoms with Crippen LogP contribution < -0.4 is 15.5 Å². The van der Waals surface area contributed by atoms with Gasteiger partial charge in [0.25, 0.3) is 16.0 Å². The molecular weight excluding hydrogens is 644 g/mol. The number of nitrogens with one attached hydrogen (secondary N) is 2. The zero-order valence-electron chi connectivity index (χ0n) is 27.6. The number of carbonyl (C=O) groups is 2. The molecule has 0 aliphatic carbocycles. The summed E-state index contributed by atoms with van der Waals surface area (Å²) in [5, 5.41) is 10.6. The lowest BCUT2D eigenvalue weighted by molar-refractivity contribution is 0.0745. The van der Waals surface area contributed by atoms with E-state index in [1.54, 1.807) is 15.6 Å². The first kappa shape index (κ1) is 36.0. The highest BCUT2D eigenvalue weighted by Gasteiger charge is 2.25. The number of anilines is 3. The summed E-state index contributed by atoms with van der Waals surface area (Å²) >= 11 is 0. The van der Waals surface area contributed by atoms with E-state index < -0.39 is 33.7 Å². The number of nitrogens with zero attached hydrogens (tertiary/aromatic N) is 5. The van der Waals surface area contributed by atoms with E-state index in [2.05, 4.69) is 36.4 Å². The van der Waals surface area contributed by atoms with Crippen LogP contribution in [0.15, 0.2) is 60.7 Å². The van der Waals surface area contributed by atoms with E-state index in [0.29, 0.717) is 55.5 Å². The Labute approximate surface area is 278 Å². The van der Waals surface area contributed by atoms with Crippen LogP contribution >= 0.6 is 0 Å². The Bertz CT molecular complexity index is 1870. The van der Waals surface area contributed by atoms with E-state index in [-0.39, 0.29) is 11.0 Å². The van der Waals surface area contributed by atoms with E-state index in [9.17, 15) is 26.8 Å². The molecule has 2 aromatic heterocycles. The molecule has 256 valence electrons. The first-order chi connectivity index (χ1) is 22.4. The summed E-state index contributed by atoms with van der Waals surface area (Å²) in [6.07, 6.45) is 0.715. The number of halogens is 2. The number of carbonyl (C=O) groups excluding carboxylic acids is 2. The Morgan fingerprint density at radius 3 is 2.00 bits per heavy atom. The Balaban J connectivity index is 0.000000968. The maximum atomic E-state index is 13.6. The van der Waals surface area contributed by atoms with Gasteiger partial charge in [-0.2, -0.15) is 13.5 Å². The maximum Gasteiger partial charge on any atom is 0.324 e. The van der Waals surface area contributed by atoms with Crippen LogP contribution in [0, 0.1) is 25.5 Å². The van der Waals surface area contributed by atoms with Crippen molar-refractivity contribution in [2.45, 2.75) is 40.0 Å². The van der Waals surface area contributed by atoms with E-state index in [1.165, 1.54) is 0 Å². The molecule has 3 heterocycles. The highest BCUT2D eigenvalue weighted by Crippen LogP contribution is 2.27. The number of hydrogen-bond acceptors (Lipinski definition) is 7. The third-order valence-corrected chi connectivity index (χ3v) is 7.32.